The van der Waals surface area contributed by atoms with Gasteiger partial charge in [-0.15, -0.1) is 0 Å². The highest BCUT2D eigenvalue weighted by Crippen LogP contribution is 2.36. The van der Waals surface area contributed by atoms with E-state index in [-0.39, 0.29) is 4.47 Å². The van der Waals surface area contributed by atoms with Crippen molar-refractivity contribution in [3.8, 4) is 0 Å². The van der Waals surface area contributed by atoms with Gasteiger partial charge in [0.05, 0.1) is 5.56 Å². The zero-order chi connectivity index (χ0) is 14.0. The number of halogens is 4. The molecule has 0 aliphatic carbocycles. The Kier molecular flexibility index (Phi) is 3.80. The van der Waals surface area contributed by atoms with Gasteiger partial charge in [-0.25, -0.2) is 4.98 Å². The van der Waals surface area contributed by atoms with Crippen molar-refractivity contribution in [3.63, 3.8) is 0 Å². The van der Waals surface area contributed by atoms with Gasteiger partial charge >= 0.3 is 6.18 Å². The van der Waals surface area contributed by atoms with Crippen molar-refractivity contribution in [2.45, 2.75) is 13.1 Å². The summed E-state index contributed by atoms with van der Waals surface area (Å²) in [6, 6.07) is 7.54. The van der Waals surface area contributed by atoms with Gasteiger partial charge in [-0.2, -0.15) is 13.2 Å². The number of benzene rings is 1. The monoisotopic (exact) mass is 330 g/mol. The van der Waals surface area contributed by atoms with Crippen molar-refractivity contribution >= 4 is 27.4 Å². The van der Waals surface area contributed by atoms with E-state index < -0.39 is 11.7 Å². The van der Waals surface area contributed by atoms with Crippen molar-refractivity contribution < 1.29 is 13.2 Å². The minimum absolute atomic E-state index is 0.0164. The molecule has 19 heavy (non-hydrogen) atoms. The van der Waals surface area contributed by atoms with Crippen LogP contribution in [0.2, 0.25) is 0 Å². The average Bonchev–Trinajstić information content (AvgIpc) is 2.30. The molecule has 2 rings (SSSR count). The highest BCUT2D eigenvalue weighted by Gasteiger charge is 2.33. The second-order valence-electron chi connectivity index (χ2n) is 4.04. The van der Waals surface area contributed by atoms with Crippen molar-refractivity contribution in [1.82, 2.24) is 4.98 Å². The number of hydrogen-bond donors (Lipinski definition) is 1. The molecule has 0 fully saturated rings. The molecule has 1 heterocycles. The smallest absolute Gasteiger partial charge is 0.340 e. The van der Waals surface area contributed by atoms with Crippen LogP contribution in [0.5, 0.6) is 0 Å². The van der Waals surface area contributed by atoms with Crippen molar-refractivity contribution in [3.05, 3.63) is 52.1 Å². The van der Waals surface area contributed by atoms with Gasteiger partial charge in [0.2, 0.25) is 0 Å². The quantitative estimate of drug-likeness (QED) is 0.845. The van der Waals surface area contributed by atoms with Crippen LogP contribution in [0.3, 0.4) is 0 Å². The molecule has 2 nitrogen and oxygen atoms in total. The number of aromatic nitrogens is 1. The molecule has 0 aliphatic rings. The van der Waals surface area contributed by atoms with E-state index in [0.29, 0.717) is 11.5 Å². The second-order valence-corrected chi connectivity index (χ2v) is 4.89. The normalized spacial score (nSPS) is 11.4. The predicted octanol–water partition coefficient (Wildman–Crippen LogP) is 4.91. The van der Waals surface area contributed by atoms with Crippen molar-refractivity contribution in [2.75, 3.05) is 5.32 Å². The Hall–Kier alpha value is -1.56. The van der Waals surface area contributed by atoms with E-state index in [0.717, 1.165) is 11.6 Å². The topological polar surface area (TPSA) is 24.9 Å². The molecule has 0 bridgehead atoms. The first-order valence-corrected chi connectivity index (χ1v) is 6.22. The Morgan fingerprint density at radius 1 is 1.16 bits per heavy atom. The highest BCUT2D eigenvalue weighted by atomic mass is 79.9. The van der Waals surface area contributed by atoms with Gasteiger partial charge in [0.25, 0.3) is 0 Å². The van der Waals surface area contributed by atoms with Crippen LogP contribution in [0.25, 0.3) is 0 Å². The fourth-order valence-electron chi connectivity index (χ4n) is 1.57. The van der Waals surface area contributed by atoms with Gasteiger partial charge in [0.15, 0.2) is 0 Å². The molecule has 0 unspecified atom stereocenters. The summed E-state index contributed by atoms with van der Waals surface area (Å²) in [6.45, 7) is 1.88. The zero-order valence-corrected chi connectivity index (χ0v) is 11.5. The molecule has 2 aromatic rings. The van der Waals surface area contributed by atoms with Crippen LogP contribution in [-0.2, 0) is 6.18 Å². The van der Waals surface area contributed by atoms with Crippen molar-refractivity contribution in [2.24, 2.45) is 0 Å². The van der Waals surface area contributed by atoms with Gasteiger partial charge in [0.1, 0.15) is 5.82 Å². The molecule has 0 aliphatic heterocycles. The molecule has 100 valence electrons. The van der Waals surface area contributed by atoms with Gasteiger partial charge in [0, 0.05) is 16.4 Å². The molecule has 1 aromatic carbocycles. The van der Waals surface area contributed by atoms with Crippen LogP contribution in [0.15, 0.2) is 41.0 Å². The Morgan fingerprint density at radius 3 is 2.53 bits per heavy atom. The van der Waals surface area contributed by atoms with Crippen LogP contribution in [0.4, 0.5) is 24.7 Å². The molecule has 0 saturated carbocycles. The minimum Gasteiger partial charge on any atom is -0.340 e. The van der Waals surface area contributed by atoms with Gasteiger partial charge in [-0.3, -0.25) is 0 Å². The lowest BCUT2D eigenvalue weighted by Gasteiger charge is -2.12. The van der Waals surface area contributed by atoms with Crippen molar-refractivity contribution in [1.29, 1.82) is 0 Å². The highest BCUT2D eigenvalue weighted by molar-refractivity contribution is 9.10. The number of nitrogens with zero attached hydrogens (tertiary/aromatic N) is 1. The van der Waals surface area contributed by atoms with Crippen LogP contribution >= 0.6 is 15.9 Å². The average molecular weight is 331 g/mol. The molecule has 0 atom stereocenters. The summed E-state index contributed by atoms with van der Waals surface area (Å²) in [7, 11) is 0. The molecular weight excluding hydrogens is 321 g/mol. The standard InChI is InChI=1S/C13H10BrF3N2/c1-8-4-5-18-12(6-8)19-9-2-3-11(14)10(7-9)13(15,16)17/h2-7H,1H3,(H,18,19). The Labute approximate surface area is 116 Å². The molecule has 6 heteroatoms. The SMILES string of the molecule is Cc1ccnc(Nc2ccc(Br)c(C(F)(F)F)c2)c1. The number of pyridine rings is 1. The van der Waals surface area contributed by atoms with E-state index >= 15 is 0 Å². The summed E-state index contributed by atoms with van der Waals surface area (Å²) in [5, 5.41) is 2.85. The van der Waals surface area contributed by atoms with E-state index in [1.165, 1.54) is 6.07 Å². The van der Waals surface area contributed by atoms with E-state index in [1.807, 2.05) is 13.0 Å². The van der Waals surface area contributed by atoms with E-state index in [2.05, 4.69) is 26.2 Å². The molecule has 1 aromatic heterocycles. The van der Waals surface area contributed by atoms with Gasteiger partial charge in [-0.1, -0.05) is 15.9 Å². The Balaban J connectivity index is 2.32. The number of aryl methyl sites for hydroxylation is 1. The van der Waals surface area contributed by atoms with Crippen LogP contribution in [-0.4, -0.2) is 4.98 Å². The fraction of sp³-hybridized carbons (Fsp3) is 0.154. The first-order chi connectivity index (χ1) is 8.86. The summed E-state index contributed by atoms with van der Waals surface area (Å²) < 4.78 is 38.3. The maximum Gasteiger partial charge on any atom is 0.417 e. The number of alkyl halides is 3. The predicted molar refractivity (Wildman–Crippen MR) is 71.4 cm³/mol. The summed E-state index contributed by atoms with van der Waals surface area (Å²) >= 11 is 2.90. The van der Waals surface area contributed by atoms with E-state index in [1.54, 1.807) is 18.3 Å². The van der Waals surface area contributed by atoms with Gasteiger partial charge in [-0.05, 0) is 42.8 Å². The van der Waals surface area contributed by atoms with E-state index in [9.17, 15) is 13.2 Å². The number of rotatable bonds is 2. The Bertz CT molecular complexity index is 597. The maximum absolute atomic E-state index is 12.8. The van der Waals surface area contributed by atoms with Gasteiger partial charge < -0.3 is 5.32 Å². The third-order valence-corrected chi connectivity index (χ3v) is 3.15. The fourth-order valence-corrected chi connectivity index (χ4v) is 2.04. The molecular formula is C13H10BrF3N2. The number of anilines is 2. The second kappa shape index (κ2) is 5.21. The van der Waals surface area contributed by atoms with Crippen LogP contribution < -0.4 is 5.32 Å². The minimum atomic E-state index is -4.39. The molecule has 1 N–H and O–H groups in total. The molecule has 0 saturated heterocycles. The molecule has 0 amide bonds. The third kappa shape index (κ3) is 3.47. The third-order valence-electron chi connectivity index (χ3n) is 2.46. The lowest BCUT2D eigenvalue weighted by atomic mass is 10.2. The lowest BCUT2D eigenvalue weighted by Crippen LogP contribution is -2.06. The van der Waals surface area contributed by atoms with Crippen LogP contribution in [0.1, 0.15) is 11.1 Å². The first-order valence-electron chi connectivity index (χ1n) is 5.43. The van der Waals surface area contributed by atoms with E-state index in [4.69, 9.17) is 0 Å². The molecule has 0 spiro atoms. The first kappa shape index (κ1) is 13.9. The summed E-state index contributed by atoms with van der Waals surface area (Å²) in [6.07, 6.45) is -2.79. The number of hydrogen-bond acceptors (Lipinski definition) is 2. The summed E-state index contributed by atoms with van der Waals surface area (Å²) in [5.41, 5.74) is 0.601. The van der Waals surface area contributed by atoms with Crippen LogP contribution in [0, 0.1) is 6.92 Å². The summed E-state index contributed by atoms with van der Waals surface area (Å²) in [4.78, 5) is 4.05. The molecule has 0 radical (unpaired) electrons. The summed E-state index contributed by atoms with van der Waals surface area (Å²) in [5.74, 6) is 0.510. The lowest BCUT2D eigenvalue weighted by molar-refractivity contribution is -0.138. The zero-order valence-electron chi connectivity index (χ0n) is 9.92. The number of nitrogens with one attached hydrogen (secondary N) is 1. The maximum atomic E-state index is 12.8. The largest absolute Gasteiger partial charge is 0.417 e. The Morgan fingerprint density at radius 2 is 1.89 bits per heavy atom.